The van der Waals surface area contributed by atoms with Gasteiger partial charge in [0.05, 0.1) is 22.6 Å². The molecule has 6 rings (SSSR count). The van der Waals surface area contributed by atoms with E-state index in [0.717, 1.165) is 22.0 Å². The van der Waals surface area contributed by atoms with Gasteiger partial charge in [0.15, 0.2) is 15.6 Å². The summed E-state index contributed by atoms with van der Waals surface area (Å²) in [6, 6.07) is 11.5. The molecule has 1 atom stereocenters. The number of carbonyl (C=O) groups excluding carboxylic acids is 1. The van der Waals surface area contributed by atoms with Crippen LogP contribution in [-0.4, -0.2) is 47.9 Å². The van der Waals surface area contributed by atoms with Gasteiger partial charge in [-0.25, -0.2) is 8.42 Å². The number of sulfone groups is 1. The molecule has 3 aliphatic heterocycles. The lowest BCUT2D eigenvalue weighted by molar-refractivity contribution is 0.0634. The SMILES string of the molecule is Cn1cc(/C=C2/Oc3c(ccc4c3CN(C3CCS(=O)(=O)C3)CO4)C2=O)c2ccccc21. The van der Waals surface area contributed by atoms with Gasteiger partial charge in [0.1, 0.15) is 18.2 Å². The normalized spacial score (nSPS) is 23.2. The van der Waals surface area contributed by atoms with Crippen LogP contribution >= 0.6 is 0 Å². The Labute approximate surface area is 185 Å². The molecular weight excluding hydrogens is 428 g/mol. The van der Waals surface area contributed by atoms with Crippen molar-refractivity contribution in [3.63, 3.8) is 0 Å². The molecule has 0 bridgehead atoms. The molecule has 2 aromatic carbocycles. The first-order chi connectivity index (χ1) is 15.4. The van der Waals surface area contributed by atoms with Crippen molar-refractivity contribution in [3.8, 4) is 11.5 Å². The molecule has 0 N–H and O–H groups in total. The number of fused-ring (bicyclic) bond motifs is 4. The number of hydrogen-bond donors (Lipinski definition) is 0. The number of aromatic nitrogens is 1. The van der Waals surface area contributed by atoms with E-state index in [0.29, 0.717) is 36.8 Å². The number of nitrogens with zero attached hydrogens (tertiary/aromatic N) is 2. The Morgan fingerprint density at radius 3 is 2.81 bits per heavy atom. The zero-order valence-corrected chi connectivity index (χ0v) is 18.4. The zero-order valence-electron chi connectivity index (χ0n) is 17.6. The van der Waals surface area contributed by atoms with Crippen LogP contribution in [0.1, 0.15) is 27.9 Å². The maximum absolute atomic E-state index is 13.1. The molecule has 8 heteroatoms. The maximum Gasteiger partial charge on any atom is 0.231 e. The number of ether oxygens (including phenoxy) is 2. The van der Waals surface area contributed by atoms with Crippen molar-refractivity contribution in [1.82, 2.24) is 9.47 Å². The number of aryl methyl sites for hydroxylation is 1. The molecule has 1 unspecified atom stereocenters. The molecule has 32 heavy (non-hydrogen) atoms. The van der Waals surface area contributed by atoms with Gasteiger partial charge in [0, 0.05) is 42.3 Å². The second kappa shape index (κ2) is 6.95. The molecule has 3 aromatic rings. The molecule has 3 aliphatic rings. The predicted molar refractivity (Wildman–Crippen MR) is 120 cm³/mol. The number of benzene rings is 2. The summed E-state index contributed by atoms with van der Waals surface area (Å²) < 4.78 is 37.9. The third-order valence-corrected chi connectivity index (χ3v) is 8.33. The Balaban J connectivity index is 1.35. The number of Topliss-reactive ketones (excluding diaryl/α,β-unsaturated/α-hetero) is 1. The third-order valence-electron chi connectivity index (χ3n) is 6.58. The highest BCUT2D eigenvalue weighted by Gasteiger charge is 2.38. The van der Waals surface area contributed by atoms with Crippen LogP contribution < -0.4 is 9.47 Å². The average Bonchev–Trinajstić information content (AvgIpc) is 3.42. The van der Waals surface area contributed by atoms with E-state index in [2.05, 4.69) is 0 Å². The van der Waals surface area contributed by atoms with Gasteiger partial charge in [0.2, 0.25) is 5.78 Å². The molecule has 0 aliphatic carbocycles. The predicted octanol–water partition coefficient (Wildman–Crippen LogP) is 3.13. The lowest BCUT2D eigenvalue weighted by Crippen LogP contribution is -2.41. The summed E-state index contributed by atoms with van der Waals surface area (Å²) in [7, 11) is -1.02. The number of hydrogen-bond acceptors (Lipinski definition) is 6. The Morgan fingerprint density at radius 2 is 2.00 bits per heavy atom. The van der Waals surface area contributed by atoms with E-state index in [4.69, 9.17) is 9.47 Å². The van der Waals surface area contributed by atoms with Gasteiger partial charge in [-0.2, -0.15) is 0 Å². The largest absolute Gasteiger partial charge is 0.478 e. The Morgan fingerprint density at radius 1 is 1.16 bits per heavy atom. The summed E-state index contributed by atoms with van der Waals surface area (Å²) >= 11 is 0. The summed E-state index contributed by atoms with van der Waals surface area (Å²) in [5.41, 5.74) is 3.31. The quantitative estimate of drug-likeness (QED) is 0.559. The average molecular weight is 451 g/mol. The van der Waals surface area contributed by atoms with Crippen molar-refractivity contribution in [2.45, 2.75) is 19.0 Å². The Bertz CT molecular complexity index is 1420. The van der Waals surface area contributed by atoms with Crippen LogP contribution in [0, 0.1) is 0 Å². The van der Waals surface area contributed by atoms with Crippen molar-refractivity contribution in [2.75, 3.05) is 18.2 Å². The fourth-order valence-electron chi connectivity index (χ4n) is 4.90. The molecule has 4 heterocycles. The van der Waals surface area contributed by atoms with Crippen LogP contribution in [0.25, 0.3) is 17.0 Å². The molecule has 0 spiro atoms. The first kappa shape index (κ1) is 19.6. The molecule has 1 fully saturated rings. The smallest absolute Gasteiger partial charge is 0.231 e. The summed E-state index contributed by atoms with van der Waals surface area (Å²) in [6.07, 6.45) is 4.38. The van der Waals surface area contributed by atoms with E-state index in [1.165, 1.54) is 0 Å². The van der Waals surface area contributed by atoms with Crippen molar-refractivity contribution < 1.29 is 22.7 Å². The molecule has 0 radical (unpaired) electrons. The van der Waals surface area contributed by atoms with E-state index in [9.17, 15) is 13.2 Å². The maximum atomic E-state index is 13.1. The van der Waals surface area contributed by atoms with E-state index >= 15 is 0 Å². The number of rotatable bonds is 2. The molecule has 0 amide bonds. The summed E-state index contributed by atoms with van der Waals surface area (Å²) in [4.78, 5) is 15.1. The Kier molecular flexibility index (Phi) is 4.25. The first-order valence-electron chi connectivity index (χ1n) is 10.6. The van der Waals surface area contributed by atoms with Crippen LogP contribution in [0.5, 0.6) is 11.5 Å². The van der Waals surface area contributed by atoms with Gasteiger partial charge < -0.3 is 14.0 Å². The van der Waals surface area contributed by atoms with Gasteiger partial charge in [-0.05, 0) is 30.7 Å². The van der Waals surface area contributed by atoms with Gasteiger partial charge in [-0.1, -0.05) is 18.2 Å². The lowest BCUT2D eigenvalue weighted by atomic mass is 10.0. The lowest BCUT2D eigenvalue weighted by Gasteiger charge is -2.33. The molecule has 1 aromatic heterocycles. The second-order valence-electron chi connectivity index (χ2n) is 8.65. The summed E-state index contributed by atoms with van der Waals surface area (Å²) in [5, 5.41) is 1.05. The van der Waals surface area contributed by atoms with Gasteiger partial charge in [-0.3, -0.25) is 9.69 Å². The fourth-order valence-corrected chi connectivity index (χ4v) is 6.66. The van der Waals surface area contributed by atoms with E-state index < -0.39 is 9.84 Å². The van der Waals surface area contributed by atoms with Gasteiger partial charge in [0.25, 0.3) is 0 Å². The van der Waals surface area contributed by atoms with Crippen molar-refractivity contribution in [1.29, 1.82) is 0 Å². The molecule has 1 saturated heterocycles. The van der Waals surface area contributed by atoms with Crippen LogP contribution in [0.3, 0.4) is 0 Å². The number of para-hydroxylation sites is 1. The highest BCUT2D eigenvalue weighted by Crippen LogP contribution is 2.43. The fraction of sp³-hybridized carbons (Fsp3) is 0.292. The van der Waals surface area contributed by atoms with Crippen molar-refractivity contribution in [3.05, 3.63) is 65.0 Å². The van der Waals surface area contributed by atoms with Crippen molar-refractivity contribution in [2.24, 2.45) is 7.05 Å². The Hall–Kier alpha value is -3.10. The van der Waals surface area contributed by atoms with Gasteiger partial charge in [-0.15, -0.1) is 0 Å². The van der Waals surface area contributed by atoms with Gasteiger partial charge >= 0.3 is 0 Å². The second-order valence-corrected chi connectivity index (χ2v) is 10.9. The minimum absolute atomic E-state index is 0.0770. The van der Waals surface area contributed by atoms with Crippen LogP contribution in [0.4, 0.5) is 0 Å². The van der Waals surface area contributed by atoms with Crippen LogP contribution in [-0.2, 0) is 23.4 Å². The minimum Gasteiger partial charge on any atom is -0.478 e. The highest BCUT2D eigenvalue weighted by atomic mass is 32.2. The highest BCUT2D eigenvalue weighted by molar-refractivity contribution is 7.91. The van der Waals surface area contributed by atoms with E-state index in [1.54, 1.807) is 18.2 Å². The first-order valence-corrected chi connectivity index (χ1v) is 12.4. The number of ketones is 1. The number of allylic oxidation sites excluding steroid dienone is 1. The molecular formula is C24H22N2O5S. The molecule has 7 nitrogen and oxygen atoms in total. The molecule has 0 saturated carbocycles. The van der Waals surface area contributed by atoms with Crippen LogP contribution in [0.15, 0.2) is 48.4 Å². The third kappa shape index (κ3) is 3.05. The number of carbonyl (C=O) groups is 1. The monoisotopic (exact) mass is 450 g/mol. The minimum atomic E-state index is -3.00. The summed E-state index contributed by atoms with van der Waals surface area (Å²) in [6.45, 7) is 0.826. The molecule has 164 valence electrons. The zero-order chi connectivity index (χ0) is 22.0. The van der Waals surface area contributed by atoms with Crippen LogP contribution in [0.2, 0.25) is 0 Å². The van der Waals surface area contributed by atoms with Crippen molar-refractivity contribution >= 4 is 32.6 Å². The summed E-state index contributed by atoms with van der Waals surface area (Å²) in [5.74, 6) is 1.68. The van der Waals surface area contributed by atoms with E-state index in [-0.39, 0.29) is 29.1 Å². The topological polar surface area (TPSA) is 77.8 Å². The van der Waals surface area contributed by atoms with E-state index in [1.807, 2.05) is 47.0 Å². The standard InChI is InChI=1S/C24H22N2O5S/c1-25-11-15(17-4-2-3-5-20(17)25)10-22-23(27)18-6-7-21-19(24(18)31-22)12-26(14-30-21)16-8-9-32(28,29)13-16/h2-7,10-11,16H,8-9,12-14H2,1H3/b22-10+.